The maximum Gasteiger partial charge on any atom is 0.190 e. The number of nitrogen functional groups attached to an aromatic ring is 1. The summed E-state index contributed by atoms with van der Waals surface area (Å²) in [5.41, 5.74) is 5.72. The van der Waals surface area contributed by atoms with Gasteiger partial charge < -0.3 is 10.4 Å². The average molecular weight is 318 g/mol. The zero-order chi connectivity index (χ0) is 14.8. The summed E-state index contributed by atoms with van der Waals surface area (Å²) in [5, 5.41) is 2.25. The van der Waals surface area contributed by atoms with E-state index in [1.54, 1.807) is 6.07 Å². The van der Waals surface area contributed by atoms with Crippen LogP contribution in [0.25, 0.3) is 11.0 Å². The summed E-state index contributed by atoms with van der Waals surface area (Å²) in [6.07, 6.45) is 1.92. The first-order valence-electron chi connectivity index (χ1n) is 6.22. The monoisotopic (exact) mass is 318 g/mol. The smallest absolute Gasteiger partial charge is 0.190 e. The number of nitrogens with zero attached hydrogens (tertiary/aromatic N) is 3. The third-order valence-electron chi connectivity index (χ3n) is 2.83. The Morgan fingerprint density at radius 1 is 1.19 bits per heavy atom. The summed E-state index contributed by atoms with van der Waals surface area (Å²) in [6, 6.07) is 7.92. The van der Waals surface area contributed by atoms with Crippen molar-refractivity contribution >= 4 is 40.4 Å². The molecule has 0 saturated carbocycles. The van der Waals surface area contributed by atoms with Crippen molar-refractivity contribution in [1.82, 2.24) is 19.9 Å². The highest BCUT2D eigenvalue weighted by atomic mass is 32.2. The summed E-state index contributed by atoms with van der Waals surface area (Å²) in [6.45, 7) is 2.06. The summed E-state index contributed by atoms with van der Waals surface area (Å²) < 4.78 is 0. The summed E-state index contributed by atoms with van der Waals surface area (Å²) in [4.78, 5) is 16.5. The summed E-state index contributed by atoms with van der Waals surface area (Å²) >= 11 is 2.92. The minimum absolute atomic E-state index is 0.587. The number of nitrogens with two attached hydrogens (primary N) is 1. The van der Waals surface area contributed by atoms with Gasteiger partial charge in [-0.2, -0.15) is 0 Å². The van der Waals surface area contributed by atoms with Crippen molar-refractivity contribution in [3.8, 4) is 0 Å². The first kappa shape index (κ1) is 14.2. The van der Waals surface area contributed by atoms with E-state index < -0.39 is 0 Å². The Morgan fingerprint density at radius 2 is 2.05 bits per heavy atom. The highest BCUT2D eigenvalue weighted by Gasteiger charge is 2.09. The number of thioether (sulfide) groups is 1. The van der Waals surface area contributed by atoms with Gasteiger partial charge in [-0.3, -0.25) is 0 Å². The zero-order valence-corrected chi connectivity index (χ0v) is 13.2. The minimum atomic E-state index is 0.587. The van der Waals surface area contributed by atoms with Crippen molar-refractivity contribution in [2.75, 3.05) is 11.7 Å². The molecule has 3 rings (SSSR count). The Labute approximate surface area is 130 Å². The van der Waals surface area contributed by atoms with E-state index in [-0.39, 0.29) is 0 Å². The molecule has 0 bridgehead atoms. The number of hydrazine groups is 1. The van der Waals surface area contributed by atoms with Gasteiger partial charge in [-0.1, -0.05) is 17.8 Å². The Balaban J connectivity index is 1.94. The van der Waals surface area contributed by atoms with Crippen LogP contribution in [0.3, 0.4) is 0 Å². The molecule has 0 aliphatic rings. The van der Waals surface area contributed by atoms with Gasteiger partial charge in [0.25, 0.3) is 0 Å². The van der Waals surface area contributed by atoms with E-state index in [4.69, 9.17) is 5.84 Å². The lowest BCUT2D eigenvalue weighted by atomic mass is 10.2. The van der Waals surface area contributed by atoms with Gasteiger partial charge >= 0.3 is 0 Å². The lowest BCUT2D eigenvalue weighted by Crippen LogP contribution is -2.09. The Hall–Kier alpha value is -1.77. The number of nitrogens with one attached hydrogen (secondary N) is 2. The van der Waals surface area contributed by atoms with Crippen molar-refractivity contribution in [2.45, 2.75) is 22.3 Å². The summed E-state index contributed by atoms with van der Waals surface area (Å²) in [5.74, 6) is 6.02. The van der Waals surface area contributed by atoms with Crippen LogP contribution < -0.4 is 11.3 Å². The van der Waals surface area contributed by atoms with Crippen LogP contribution in [-0.2, 0) is 0 Å². The second-order valence-electron chi connectivity index (χ2n) is 4.39. The molecule has 0 saturated heterocycles. The van der Waals surface area contributed by atoms with Crippen molar-refractivity contribution in [2.24, 2.45) is 5.84 Å². The Morgan fingerprint density at radius 3 is 2.81 bits per heavy atom. The predicted octanol–water partition coefficient (Wildman–Crippen LogP) is 2.82. The van der Waals surface area contributed by atoms with Crippen molar-refractivity contribution < 1.29 is 0 Å². The number of benzene rings is 1. The van der Waals surface area contributed by atoms with Gasteiger partial charge in [0.05, 0.1) is 11.0 Å². The van der Waals surface area contributed by atoms with E-state index in [1.165, 1.54) is 29.1 Å². The van der Waals surface area contributed by atoms with Gasteiger partial charge in [0.15, 0.2) is 10.3 Å². The van der Waals surface area contributed by atoms with Gasteiger partial charge in [0.1, 0.15) is 10.8 Å². The number of hydrogen-bond acceptors (Lipinski definition) is 7. The maximum absolute atomic E-state index is 5.43. The molecule has 3 aromatic rings. The predicted molar refractivity (Wildman–Crippen MR) is 86.6 cm³/mol. The molecule has 21 heavy (non-hydrogen) atoms. The fourth-order valence-corrected chi connectivity index (χ4v) is 3.11. The quantitative estimate of drug-likeness (QED) is 0.224. The molecule has 108 valence electrons. The number of imidazole rings is 1. The average Bonchev–Trinajstić information content (AvgIpc) is 2.87. The number of fused-ring (bicyclic) bond motifs is 1. The standard InChI is InChI=1S/C13H14N6S2/c1-7-3-4-8-9(5-7)16-13(15-8)21-11-6-10(19-14)17-12(18-11)20-2/h3-6H,14H2,1-2H3,(H,15,16)(H,17,18,19). The van der Waals surface area contributed by atoms with Crippen LogP contribution in [0, 0.1) is 6.92 Å². The van der Waals surface area contributed by atoms with Crippen LogP contribution in [0.4, 0.5) is 5.82 Å². The molecule has 6 nitrogen and oxygen atoms in total. The minimum Gasteiger partial charge on any atom is -0.333 e. The fraction of sp³-hybridized carbons (Fsp3) is 0.154. The molecule has 0 amide bonds. The zero-order valence-electron chi connectivity index (χ0n) is 11.5. The molecule has 0 unspecified atom stereocenters. The largest absolute Gasteiger partial charge is 0.333 e. The molecular formula is C13H14N6S2. The van der Waals surface area contributed by atoms with Crippen LogP contribution in [-0.4, -0.2) is 26.2 Å². The van der Waals surface area contributed by atoms with Crippen LogP contribution >= 0.6 is 23.5 Å². The normalized spacial score (nSPS) is 11.0. The van der Waals surface area contributed by atoms with Crippen LogP contribution in [0.5, 0.6) is 0 Å². The van der Waals surface area contributed by atoms with Gasteiger partial charge in [0, 0.05) is 6.07 Å². The first-order valence-corrected chi connectivity index (χ1v) is 8.26. The molecule has 1 aromatic carbocycles. The highest BCUT2D eigenvalue weighted by Crippen LogP contribution is 2.28. The number of hydrogen-bond donors (Lipinski definition) is 3. The molecule has 0 radical (unpaired) electrons. The SMILES string of the molecule is CSc1nc(NN)cc(Sc2nc3ccc(C)cc3[nH]2)n1. The first-order chi connectivity index (χ1) is 10.2. The van der Waals surface area contributed by atoms with E-state index >= 15 is 0 Å². The molecule has 0 spiro atoms. The van der Waals surface area contributed by atoms with Crippen molar-refractivity contribution in [3.63, 3.8) is 0 Å². The molecule has 0 fully saturated rings. The van der Waals surface area contributed by atoms with Crippen LogP contribution in [0.1, 0.15) is 5.56 Å². The topological polar surface area (TPSA) is 92.5 Å². The second kappa shape index (κ2) is 5.92. The van der Waals surface area contributed by atoms with E-state index in [9.17, 15) is 0 Å². The maximum atomic E-state index is 5.43. The molecule has 2 heterocycles. The Kier molecular flexibility index (Phi) is 4.00. The number of H-pyrrole nitrogens is 1. The van der Waals surface area contributed by atoms with Gasteiger partial charge in [-0.05, 0) is 42.6 Å². The number of aromatic nitrogens is 4. The van der Waals surface area contributed by atoms with E-state index in [2.05, 4.69) is 38.4 Å². The molecule has 4 N–H and O–H groups in total. The Bertz CT molecular complexity index is 763. The van der Waals surface area contributed by atoms with Gasteiger partial charge in [-0.15, -0.1) is 0 Å². The van der Waals surface area contributed by atoms with Crippen LogP contribution in [0.2, 0.25) is 0 Å². The van der Waals surface area contributed by atoms with Crippen molar-refractivity contribution in [1.29, 1.82) is 0 Å². The van der Waals surface area contributed by atoms with Gasteiger partial charge in [-0.25, -0.2) is 20.8 Å². The lowest BCUT2D eigenvalue weighted by Gasteiger charge is -2.04. The molecule has 8 heteroatoms. The highest BCUT2D eigenvalue weighted by molar-refractivity contribution is 7.99. The molecule has 2 aromatic heterocycles. The number of anilines is 1. The third kappa shape index (κ3) is 3.12. The van der Waals surface area contributed by atoms with Crippen molar-refractivity contribution in [3.05, 3.63) is 29.8 Å². The molecular weight excluding hydrogens is 304 g/mol. The number of aryl methyl sites for hydroxylation is 1. The number of aromatic amines is 1. The van der Waals surface area contributed by atoms with E-state index in [0.717, 1.165) is 21.2 Å². The molecule has 0 aliphatic carbocycles. The summed E-state index contributed by atoms with van der Waals surface area (Å²) in [7, 11) is 0. The second-order valence-corrected chi connectivity index (χ2v) is 6.17. The fourth-order valence-electron chi connectivity index (χ4n) is 1.87. The van der Waals surface area contributed by atoms with Crippen LogP contribution in [0.15, 0.2) is 39.6 Å². The van der Waals surface area contributed by atoms with Gasteiger partial charge in [0.2, 0.25) is 0 Å². The lowest BCUT2D eigenvalue weighted by molar-refractivity contribution is 0.890. The van der Waals surface area contributed by atoms with E-state index in [1.807, 2.05) is 18.4 Å². The van der Waals surface area contributed by atoms with E-state index in [0.29, 0.717) is 11.0 Å². The number of rotatable bonds is 4. The third-order valence-corrected chi connectivity index (χ3v) is 4.18. The molecule has 0 atom stereocenters. The molecule has 0 aliphatic heterocycles.